The van der Waals surface area contributed by atoms with Crippen LogP contribution in [-0.2, 0) is 6.54 Å². The van der Waals surface area contributed by atoms with Gasteiger partial charge in [-0.15, -0.1) is 0 Å². The molecule has 0 saturated heterocycles. The lowest BCUT2D eigenvalue weighted by Gasteiger charge is -2.26. The minimum atomic E-state index is -1.05. The van der Waals surface area contributed by atoms with E-state index in [1.54, 1.807) is 34.9 Å². The molecule has 0 radical (unpaired) electrons. The van der Waals surface area contributed by atoms with Gasteiger partial charge in [-0.05, 0) is 72.8 Å². The zero-order valence-electron chi connectivity index (χ0n) is 28.0. The summed E-state index contributed by atoms with van der Waals surface area (Å²) in [5.41, 5.74) is 4.27. The first-order chi connectivity index (χ1) is 26.2. The summed E-state index contributed by atoms with van der Waals surface area (Å²) in [7, 11) is 0. The van der Waals surface area contributed by atoms with Gasteiger partial charge in [-0.2, -0.15) is 5.26 Å². The largest absolute Gasteiger partial charge is 0.336 e. The van der Waals surface area contributed by atoms with Crippen LogP contribution < -0.4 is 4.90 Å². The number of anilines is 3. The smallest absolute Gasteiger partial charge is 0.153 e. The van der Waals surface area contributed by atoms with Gasteiger partial charge in [0, 0.05) is 79.5 Å². The van der Waals surface area contributed by atoms with Crippen LogP contribution in [0.1, 0.15) is 11.1 Å². The summed E-state index contributed by atoms with van der Waals surface area (Å²) in [6.45, 7) is -0.184. The lowest BCUT2D eigenvalue weighted by Crippen LogP contribution is -2.10. The number of hydrogen-bond acceptors (Lipinski definition) is 2. The van der Waals surface area contributed by atoms with Crippen LogP contribution in [0.15, 0.2) is 133 Å². The van der Waals surface area contributed by atoms with Gasteiger partial charge >= 0.3 is 0 Å². The van der Waals surface area contributed by atoms with Crippen molar-refractivity contribution in [3.05, 3.63) is 179 Å². The van der Waals surface area contributed by atoms with E-state index in [1.807, 2.05) is 83.8 Å². The lowest BCUT2D eigenvalue weighted by atomic mass is 10.1. The maximum atomic E-state index is 15.3. The molecule has 0 N–H and O–H groups in total. The van der Waals surface area contributed by atoms with Crippen molar-refractivity contribution in [3.63, 3.8) is 0 Å². The summed E-state index contributed by atoms with van der Waals surface area (Å²) < 4.78 is 91.3. The van der Waals surface area contributed by atoms with Gasteiger partial charge in [0.25, 0.3) is 0 Å². The number of benzene rings is 7. The average Bonchev–Trinajstić information content (AvgIpc) is 3.65. The summed E-state index contributed by atoms with van der Waals surface area (Å²) in [5.74, 6) is -6.08. The average molecular weight is 723 g/mol. The Bertz CT molecular complexity index is 2970. The maximum Gasteiger partial charge on any atom is 0.153 e. The molecule has 2 aromatic heterocycles. The number of rotatable bonds is 6. The van der Waals surface area contributed by atoms with E-state index in [0.29, 0.717) is 79.7 Å². The van der Waals surface area contributed by atoms with E-state index >= 15 is 8.78 Å². The maximum absolute atomic E-state index is 15.3. The van der Waals surface area contributed by atoms with Gasteiger partial charge in [0.2, 0.25) is 0 Å². The molecule has 7 aromatic carbocycles. The molecule has 262 valence electrons. The summed E-state index contributed by atoms with van der Waals surface area (Å²) in [6, 6.07) is 37.5. The molecule has 4 nitrogen and oxygen atoms in total. The lowest BCUT2D eigenvalue weighted by molar-refractivity contribution is 0.519. The van der Waals surface area contributed by atoms with Crippen molar-refractivity contribution < 1.29 is 26.3 Å². The Morgan fingerprint density at radius 1 is 0.481 bits per heavy atom. The van der Waals surface area contributed by atoms with Crippen LogP contribution in [0, 0.1) is 46.2 Å². The van der Waals surface area contributed by atoms with E-state index in [9.17, 15) is 22.8 Å². The fourth-order valence-electron chi connectivity index (χ4n) is 7.45. The van der Waals surface area contributed by atoms with Crippen LogP contribution in [-0.4, -0.2) is 9.13 Å². The van der Waals surface area contributed by atoms with Gasteiger partial charge in [-0.3, -0.25) is 0 Å². The summed E-state index contributed by atoms with van der Waals surface area (Å²) in [4.78, 5) is 1.97. The summed E-state index contributed by atoms with van der Waals surface area (Å²) in [6.07, 6.45) is 0. The van der Waals surface area contributed by atoms with Gasteiger partial charge in [-0.1, -0.05) is 36.4 Å². The normalized spacial score (nSPS) is 11.6. The highest BCUT2D eigenvalue weighted by Crippen LogP contribution is 2.42. The molecule has 0 unspecified atom stereocenters. The third-order valence-corrected chi connectivity index (χ3v) is 9.81. The molecule has 0 spiro atoms. The first-order valence-electron chi connectivity index (χ1n) is 16.8. The number of aromatic nitrogens is 2. The van der Waals surface area contributed by atoms with Crippen molar-refractivity contribution in [1.29, 1.82) is 5.26 Å². The molecule has 0 saturated carbocycles. The Morgan fingerprint density at radius 2 is 0.944 bits per heavy atom. The van der Waals surface area contributed by atoms with Crippen molar-refractivity contribution in [3.8, 4) is 11.8 Å². The Morgan fingerprint density at radius 3 is 1.56 bits per heavy atom. The highest BCUT2D eigenvalue weighted by Gasteiger charge is 2.23. The Kier molecular flexibility index (Phi) is 7.67. The van der Waals surface area contributed by atoms with Crippen molar-refractivity contribution in [2.75, 3.05) is 4.90 Å². The Hall–Kier alpha value is -6.99. The highest BCUT2D eigenvalue weighted by atomic mass is 19.2. The van der Waals surface area contributed by atoms with E-state index < -0.39 is 40.6 Å². The van der Waals surface area contributed by atoms with Gasteiger partial charge < -0.3 is 14.0 Å². The fraction of sp³-hybridized carbons (Fsp3) is 0.0227. The van der Waals surface area contributed by atoms with E-state index in [4.69, 9.17) is 0 Å². The molecule has 0 aliphatic rings. The summed E-state index contributed by atoms with van der Waals surface area (Å²) in [5, 5.41) is 12.5. The minimum Gasteiger partial charge on any atom is -0.336 e. The van der Waals surface area contributed by atoms with Crippen molar-refractivity contribution in [1.82, 2.24) is 9.13 Å². The number of fused-ring (bicyclic) bond motifs is 6. The number of halogens is 6. The summed E-state index contributed by atoms with van der Waals surface area (Å²) >= 11 is 0. The standard InChI is InChI=1S/C44H24F6N4/c45-26-17-36(47)35(37(48)18-26)24-52-40-7-3-1-5-31(40)33-21-29(13-15-41(33)52)53(28-11-9-25(23-51)10-12-28)30-14-16-43-34(22-30)32-6-2-4-8-42(32)54(43)44-38(49)19-27(46)20-39(44)50/h1-22H,24H2. The quantitative estimate of drug-likeness (QED) is 0.160. The molecule has 0 atom stereocenters. The topological polar surface area (TPSA) is 36.9 Å². The Balaban J connectivity index is 1.26. The van der Waals surface area contributed by atoms with E-state index in [-0.39, 0.29) is 12.1 Å². The molecule has 0 aliphatic heterocycles. The van der Waals surface area contributed by atoms with Crippen LogP contribution in [0.4, 0.5) is 43.4 Å². The van der Waals surface area contributed by atoms with Crippen LogP contribution >= 0.6 is 0 Å². The molecule has 0 fully saturated rings. The predicted molar refractivity (Wildman–Crippen MR) is 198 cm³/mol. The molecule has 0 amide bonds. The van der Waals surface area contributed by atoms with Crippen LogP contribution in [0.2, 0.25) is 0 Å². The highest BCUT2D eigenvalue weighted by molar-refractivity contribution is 6.12. The van der Waals surface area contributed by atoms with Gasteiger partial charge in [-0.25, -0.2) is 26.3 Å². The van der Waals surface area contributed by atoms with Crippen LogP contribution in [0.5, 0.6) is 0 Å². The van der Waals surface area contributed by atoms with Gasteiger partial charge in [0.05, 0.1) is 29.2 Å². The fourth-order valence-corrected chi connectivity index (χ4v) is 7.45. The molecular formula is C44H24F6N4. The van der Waals surface area contributed by atoms with Crippen molar-refractivity contribution in [2.24, 2.45) is 0 Å². The molecular weight excluding hydrogens is 699 g/mol. The third-order valence-electron chi connectivity index (χ3n) is 9.81. The van der Waals surface area contributed by atoms with E-state index in [1.165, 1.54) is 4.57 Å². The number of nitrogens with zero attached hydrogens (tertiary/aromatic N) is 4. The second-order valence-electron chi connectivity index (χ2n) is 12.9. The first-order valence-corrected chi connectivity index (χ1v) is 16.8. The van der Waals surface area contributed by atoms with E-state index in [0.717, 1.165) is 10.8 Å². The van der Waals surface area contributed by atoms with Crippen molar-refractivity contribution in [2.45, 2.75) is 6.54 Å². The van der Waals surface area contributed by atoms with Crippen LogP contribution in [0.25, 0.3) is 49.3 Å². The molecule has 2 heterocycles. The number of hydrogen-bond donors (Lipinski definition) is 0. The molecule has 10 heteroatoms. The zero-order valence-corrected chi connectivity index (χ0v) is 28.0. The molecule has 9 aromatic rings. The number of nitriles is 1. The number of para-hydroxylation sites is 2. The van der Waals surface area contributed by atoms with Gasteiger partial charge in [0.15, 0.2) is 11.6 Å². The zero-order chi connectivity index (χ0) is 37.2. The first kappa shape index (κ1) is 32.9. The van der Waals surface area contributed by atoms with E-state index in [2.05, 4.69) is 6.07 Å². The molecule has 0 aliphatic carbocycles. The van der Waals surface area contributed by atoms with Gasteiger partial charge in [0.1, 0.15) is 29.0 Å². The molecule has 9 rings (SSSR count). The Labute approximate surface area is 303 Å². The SMILES string of the molecule is N#Cc1ccc(N(c2ccc3c(c2)c2ccccc2n3Cc2c(F)cc(F)cc2F)c2ccc3c(c2)c2ccccc2n3-c2c(F)cc(F)cc2F)cc1. The molecule has 0 bridgehead atoms. The van der Waals surface area contributed by atoms with Crippen LogP contribution in [0.3, 0.4) is 0 Å². The predicted octanol–water partition coefficient (Wildman–Crippen LogP) is 12.1. The monoisotopic (exact) mass is 722 g/mol. The second-order valence-corrected chi connectivity index (χ2v) is 12.9. The second kappa shape index (κ2) is 12.6. The third kappa shape index (κ3) is 5.24. The molecule has 54 heavy (non-hydrogen) atoms. The van der Waals surface area contributed by atoms with Crippen molar-refractivity contribution >= 4 is 60.7 Å². The minimum absolute atomic E-state index is 0.184.